The summed E-state index contributed by atoms with van der Waals surface area (Å²) in [6.45, 7) is 3.32. The van der Waals surface area contributed by atoms with Crippen LogP contribution >= 0.6 is 0 Å². The molecule has 0 aromatic carbocycles. The molecule has 1 aliphatic rings. The number of carboxylic acids is 1. The van der Waals surface area contributed by atoms with Gasteiger partial charge in [0.25, 0.3) is 5.91 Å². The van der Waals surface area contributed by atoms with Gasteiger partial charge in [-0.1, -0.05) is 6.92 Å². The number of amides is 1. The molecule has 92 valence electrons. The molecule has 1 saturated carbocycles. The van der Waals surface area contributed by atoms with Crippen molar-refractivity contribution in [3.63, 3.8) is 0 Å². The van der Waals surface area contributed by atoms with E-state index in [0.29, 0.717) is 6.42 Å². The summed E-state index contributed by atoms with van der Waals surface area (Å²) in [7, 11) is 1.48. The molecular formula is C11H19NO4. The molecule has 0 heterocycles. The average molecular weight is 229 g/mol. The van der Waals surface area contributed by atoms with E-state index in [1.54, 1.807) is 6.92 Å². The molecule has 16 heavy (non-hydrogen) atoms. The number of methoxy groups -OCH3 is 1. The van der Waals surface area contributed by atoms with Crippen molar-refractivity contribution in [2.24, 2.45) is 0 Å². The third-order valence-electron chi connectivity index (χ3n) is 3.13. The predicted octanol–water partition coefficient (Wildman–Crippen LogP) is 0.877. The van der Waals surface area contributed by atoms with Gasteiger partial charge in [0.1, 0.15) is 12.1 Å². The molecule has 0 spiro atoms. The molecule has 0 aromatic rings. The van der Waals surface area contributed by atoms with Crippen molar-refractivity contribution in [3.8, 4) is 0 Å². The summed E-state index contributed by atoms with van der Waals surface area (Å²) in [5.74, 6) is -1.20. The summed E-state index contributed by atoms with van der Waals surface area (Å²) < 4.78 is 5.21. The van der Waals surface area contributed by atoms with Crippen molar-refractivity contribution in [2.45, 2.75) is 44.8 Å². The van der Waals surface area contributed by atoms with Crippen LogP contribution < -0.4 is 0 Å². The number of aliphatic carboxylic acids is 1. The van der Waals surface area contributed by atoms with Gasteiger partial charge in [0.2, 0.25) is 0 Å². The number of ether oxygens (including phenoxy) is 1. The lowest BCUT2D eigenvalue weighted by Gasteiger charge is -2.32. The number of hydrogen-bond donors (Lipinski definition) is 1. The maximum atomic E-state index is 12.2. The van der Waals surface area contributed by atoms with Gasteiger partial charge in [-0.3, -0.25) is 9.59 Å². The maximum absolute atomic E-state index is 12.2. The van der Waals surface area contributed by atoms with E-state index >= 15 is 0 Å². The third kappa shape index (κ3) is 2.72. The molecule has 1 N–H and O–H groups in total. The Bertz CT molecular complexity index is 282. The van der Waals surface area contributed by atoms with Crippen LogP contribution in [0.4, 0.5) is 0 Å². The van der Waals surface area contributed by atoms with Crippen LogP contribution in [0, 0.1) is 0 Å². The van der Waals surface area contributed by atoms with E-state index in [4.69, 9.17) is 9.84 Å². The van der Waals surface area contributed by atoms with Crippen LogP contribution in [-0.4, -0.2) is 47.2 Å². The minimum Gasteiger partial charge on any atom is -0.480 e. The van der Waals surface area contributed by atoms with E-state index in [-0.39, 0.29) is 18.5 Å². The van der Waals surface area contributed by atoms with Crippen LogP contribution in [0.25, 0.3) is 0 Å². The van der Waals surface area contributed by atoms with E-state index in [2.05, 4.69) is 0 Å². The minimum atomic E-state index is -0.977. The summed E-state index contributed by atoms with van der Waals surface area (Å²) in [6, 6.07) is 0.0876. The van der Waals surface area contributed by atoms with Crippen LogP contribution in [-0.2, 0) is 14.3 Å². The molecule has 0 aliphatic heterocycles. The van der Waals surface area contributed by atoms with Crippen molar-refractivity contribution in [1.82, 2.24) is 4.90 Å². The Labute approximate surface area is 95.4 Å². The van der Waals surface area contributed by atoms with Gasteiger partial charge in [-0.2, -0.15) is 0 Å². The smallest absolute Gasteiger partial charge is 0.323 e. The summed E-state index contributed by atoms with van der Waals surface area (Å²) in [5.41, 5.74) is -0.905. The number of rotatable bonds is 6. The molecule has 1 rings (SSSR count). The molecule has 1 amide bonds. The van der Waals surface area contributed by atoms with Crippen LogP contribution in [0.2, 0.25) is 0 Å². The Balaban J connectivity index is 2.77. The zero-order valence-corrected chi connectivity index (χ0v) is 10.0. The second kappa shape index (κ2) is 4.82. The highest BCUT2D eigenvalue weighted by Gasteiger charge is 2.42. The van der Waals surface area contributed by atoms with Crippen LogP contribution in [0.15, 0.2) is 0 Å². The van der Waals surface area contributed by atoms with E-state index in [1.807, 2.05) is 6.92 Å². The van der Waals surface area contributed by atoms with Gasteiger partial charge in [0.15, 0.2) is 0 Å². The average Bonchev–Trinajstić information content (AvgIpc) is 3.07. The van der Waals surface area contributed by atoms with Crippen molar-refractivity contribution < 1.29 is 19.4 Å². The Hall–Kier alpha value is -1.10. The molecule has 5 nitrogen and oxygen atoms in total. The first-order chi connectivity index (χ1) is 7.44. The fourth-order valence-corrected chi connectivity index (χ4v) is 1.59. The van der Waals surface area contributed by atoms with Crippen molar-refractivity contribution >= 4 is 11.9 Å². The van der Waals surface area contributed by atoms with E-state index in [1.165, 1.54) is 12.0 Å². The largest absolute Gasteiger partial charge is 0.480 e. The number of hydrogen-bond acceptors (Lipinski definition) is 3. The zero-order chi connectivity index (χ0) is 12.3. The molecule has 1 atom stereocenters. The normalized spacial score (nSPS) is 18.9. The molecule has 1 fully saturated rings. The SMILES string of the molecule is CCC(C)(OC)C(=O)N(CC(=O)O)C1CC1. The predicted molar refractivity (Wildman–Crippen MR) is 58.1 cm³/mol. The number of nitrogens with zero attached hydrogens (tertiary/aromatic N) is 1. The van der Waals surface area contributed by atoms with Gasteiger partial charge in [0.05, 0.1) is 0 Å². The molecule has 0 radical (unpaired) electrons. The molecular weight excluding hydrogens is 210 g/mol. The lowest BCUT2D eigenvalue weighted by atomic mass is 10.0. The standard InChI is InChI=1S/C11H19NO4/c1-4-11(2,16-3)10(15)12(7-9(13)14)8-5-6-8/h8H,4-7H2,1-3H3,(H,13,14). The van der Waals surface area contributed by atoms with Crippen molar-refractivity contribution in [1.29, 1.82) is 0 Å². The van der Waals surface area contributed by atoms with Crippen LogP contribution in [0.5, 0.6) is 0 Å². The maximum Gasteiger partial charge on any atom is 0.323 e. The first-order valence-electron chi connectivity index (χ1n) is 5.52. The highest BCUT2D eigenvalue weighted by molar-refractivity contribution is 5.88. The second-order valence-electron chi connectivity index (χ2n) is 4.35. The Kier molecular flexibility index (Phi) is 3.91. The van der Waals surface area contributed by atoms with Crippen LogP contribution in [0.1, 0.15) is 33.1 Å². The molecule has 0 aromatic heterocycles. The highest BCUT2D eigenvalue weighted by atomic mass is 16.5. The molecule has 0 saturated heterocycles. The Morgan fingerprint density at radius 3 is 2.38 bits per heavy atom. The van der Waals surface area contributed by atoms with Gasteiger partial charge < -0.3 is 14.7 Å². The molecule has 1 unspecified atom stereocenters. The molecule has 5 heteroatoms. The van der Waals surface area contributed by atoms with Crippen molar-refractivity contribution in [2.75, 3.05) is 13.7 Å². The fourth-order valence-electron chi connectivity index (χ4n) is 1.59. The minimum absolute atomic E-state index is 0.0876. The van der Waals surface area contributed by atoms with Gasteiger partial charge >= 0.3 is 5.97 Å². The van der Waals surface area contributed by atoms with Crippen LogP contribution in [0.3, 0.4) is 0 Å². The lowest BCUT2D eigenvalue weighted by molar-refractivity contribution is -0.158. The summed E-state index contributed by atoms with van der Waals surface area (Å²) >= 11 is 0. The molecule has 0 bridgehead atoms. The van der Waals surface area contributed by atoms with Crippen molar-refractivity contribution in [3.05, 3.63) is 0 Å². The van der Waals surface area contributed by atoms with Gasteiger partial charge in [0, 0.05) is 13.2 Å². The van der Waals surface area contributed by atoms with E-state index < -0.39 is 11.6 Å². The molecule has 1 aliphatic carbocycles. The van der Waals surface area contributed by atoms with Gasteiger partial charge in [-0.05, 0) is 26.2 Å². The quantitative estimate of drug-likeness (QED) is 0.734. The lowest BCUT2D eigenvalue weighted by Crippen LogP contribution is -2.50. The summed E-state index contributed by atoms with van der Waals surface area (Å²) in [5, 5.41) is 8.79. The summed E-state index contributed by atoms with van der Waals surface area (Å²) in [6.07, 6.45) is 2.32. The summed E-state index contributed by atoms with van der Waals surface area (Å²) in [4.78, 5) is 24.3. The number of carbonyl (C=O) groups excluding carboxylic acids is 1. The number of carboxylic acid groups (broad SMARTS) is 1. The van der Waals surface area contributed by atoms with E-state index in [0.717, 1.165) is 12.8 Å². The van der Waals surface area contributed by atoms with Gasteiger partial charge in [-0.25, -0.2) is 0 Å². The van der Waals surface area contributed by atoms with E-state index in [9.17, 15) is 9.59 Å². The third-order valence-corrected chi connectivity index (χ3v) is 3.13. The van der Waals surface area contributed by atoms with Gasteiger partial charge in [-0.15, -0.1) is 0 Å². The Morgan fingerprint density at radius 2 is 2.06 bits per heavy atom. The topological polar surface area (TPSA) is 66.8 Å². The second-order valence-corrected chi connectivity index (χ2v) is 4.35. The monoisotopic (exact) mass is 229 g/mol. The zero-order valence-electron chi connectivity index (χ0n) is 10.0. The first kappa shape index (κ1) is 13.0. The fraction of sp³-hybridized carbons (Fsp3) is 0.818. The number of carbonyl (C=O) groups is 2. The highest BCUT2D eigenvalue weighted by Crippen LogP contribution is 2.30. The first-order valence-corrected chi connectivity index (χ1v) is 5.52. The Morgan fingerprint density at radius 1 is 1.50 bits per heavy atom.